The lowest BCUT2D eigenvalue weighted by atomic mass is 10.1. The van der Waals surface area contributed by atoms with Gasteiger partial charge in [-0.1, -0.05) is 23.5 Å². The van der Waals surface area contributed by atoms with E-state index in [1.165, 1.54) is 18.3 Å². The van der Waals surface area contributed by atoms with E-state index in [4.69, 9.17) is 9.47 Å². The van der Waals surface area contributed by atoms with Crippen LogP contribution in [0.1, 0.15) is 27.6 Å². The summed E-state index contributed by atoms with van der Waals surface area (Å²) in [4.78, 5) is 28.6. The standard InChI is InChI=1S/C19H16N2O4S/c1-11(22)12-3-5-13(6-4-12)18(23)20-19-21(2)14-9-15-16(10-17(14)26-19)25-8-7-24-15/h3-6,9-10H,7-8H2,1-2H3. The van der Waals surface area contributed by atoms with Gasteiger partial charge in [0, 0.05) is 30.3 Å². The summed E-state index contributed by atoms with van der Waals surface area (Å²) in [6.07, 6.45) is 0. The van der Waals surface area contributed by atoms with E-state index in [0.717, 1.165) is 10.2 Å². The predicted octanol–water partition coefficient (Wildman–Crippen LogP) is 2.95. The quantitative estimate of drug-likeness (QED) is 0.652. The fourth-order valence-electron chi connectivity index (χ4n) is 2.77. The summed E-state index contributed by atoms with van der Waals surface area (Å²) in [5.41, 5.74) is 1.94. The second kappa shape index (κ2) is 6.42. The minimum absolute atomic E-state index is 0.0368. The van der Waals surface area contributed by atoms with E-state index in [1.807, 2.05) is 23.7 Å². The molecule has 2 heterocycles. The maximum absolute atomic E-state index is 12.5. The molecule has 0 fully saturated rings. The fourth-order valence-corrected chi connectivity index (χ4v) is 3.80. The summed E-state index contributed by atoms with van der Waals surface area (Å²) in [6.45, 7) is 2.55. The molecule has 0 N–H and O–H groups in total. The van der Waals surface area contributed by atoms with Crippen molar-refractivity contribution in [2.75, 3.05) is 13.2 Å². The number of fused-ring (bicyclic) bond motifs is 2. The minimum atomic E-state index is -0.348. The molecule has 3 aromatic rings. The number of aromatic nitrogens is 1. The van der Waals surface area contributed by atoms with Crippen LogP contribution in [0.2, 0.25) is 0 Å². The molecule has 7 heteroatoms. The second-order valence-corrected chi connectivity index (χ2v) is 6.97. The Balaban J connectivity index is 1.74. The Kier molecular flexibility index (Phi) is 4.08. The lowest BCUT2D eigenvalue weighted by Crippen LogP contribution is -2.15. The molecule has 2 aromatic carbocycles. The number of ketones is 1. The van der Waals surface area contributed by atoms with Crippen LogP contribution in [0.25, 0.3) is 10.2 Å². The van der Waals surface area contributed by atoms with Crippen molar-refractivity contribution in [1.82, 2.24) is 4.57 Å². The van der Waals surface area contributed by atoms with E-state index in [0.29, 0.717) is 40.6 Å². The highest BCUT2D eigenvalue weighted by atomic mass is 32.1. The Bertz CT molecular complexity index is 1090. The van der Waals surface area contributed by atoms with E-state index in [9.17, 15) is 9.59 Å². The molecule has 26 heavy (non-hydrogen) atoms. The number of Topliss-reactive ketones (excluding diaryl/α,β-unsaturated/α-hetero) is 1. The normalized spacial score (nSPS) is 13.8. The number of rotatable bonds is 2. The Morgan fingerprint density at radius 1 is 1.04 bits per heavy atom. The van der Waals surface area contributed by atoms with Gasteiger partial charge in [-0.2, -0.15) is 4.99 Å². The molecule has 4 rings (SSSR count). The molecule has 0 spiro atoms. The van der Waals surface area contributed by atoms with E-state index in [1.54, 1.807) is 24.3 Å². The number of amides is 1. The summed E-state index contributed by atoms with van der Waals surface area (Å²) in [7, 11) is 1.86. The molecule has 0 saturated carbocycles. The number of aryl methyl sites for hydroxylation is 1. The van der Waals surface area contributed by atoms with Crippen LogP contribution in [0.3, 0.4) is 0 Å². The molecule has 0 saturated heterocycles. The average Bonchev–Trinajstić information content (AvgIpc) is 2.95. The SMILES string of the molecule is CC(=O)c1ccc(C(=O)N=c2sc3cc4c(cc3n2C)OCCO4)cc1. The zero-order chi connectivity index (χ0) is 18.3. The zero-order valence-corrected chi connectivity index (χ0v) is 15.1. The number of hydrogen-bond donors (Lipinski definition) is 0. The number of ether oxygens (including phenoxy) is 2. The predicted molar refractivity (Wildman–Crippen MR) is 98.1 cm³/mol. The summed E-state index contributed by atoms with van der Waals surface area (Å²) in [5.74, 6) is 1.03. The largest absolute Gasteiger partial charge is 0.486 e. The van der Waals surface area contributed by atoms with Gasteiger partial charge in [0.2, 0.25) is 0 Å². The third kappa shape index (κ3) is 2.90. The van der Waals surface area contributed by atoms with Gasteiger partial charge in [0.25, 0.3) is 5.91 Å². The maximum atomic E-state index is 12.5. The Morgan fingerprint density at radius 2 is 1.65 bits per heavy atom. The van der Waals surface area contributed by atoms with E-state index in [2.05, 4.69) is 4.99 Å². The molecule has 0 bridgehead atoms. The van der Waals surface area contributed by atoms with Crippen molar-refractivity contribution in [1.29, 1.82) is 0 Å². The van der Waals surface area contributed by atoms with Crippen LogP contribution in [0.15, 0.2) is 41.4 Å². The minimum Gasteiger partial charge on any atom is -0.486 e. The summed E-state index contributed by atoms with van der Waals surface area (Å²) >= 11 is 1.41. The number of carbonyl (C=O) groups excluding carboxylic acids is 2. The van der Waals surface area contributed by atoms with Gasteiger partial charge in [-0.25, -0.2) is 0 Å². The highest BCUT2D eigenvalue weighted by Gasteiger charge is 2.16. The molecular weight excluding hydrogens is 352 g/mol. The van der Waals surface area contributed by atoms with Crippen molar-refractivity contribution in [2.24, 2.45) is 12.0 Å². The monoisotopic (exact) mass is 368 g/mol. The van der Waals surface area contributed by atoms with Crippen LogP contribution in [0, 0.1) is 0 Å². The lowest BCUT2D eigenvalue weighted by molar-refractivity contribution is 0.0991. The van der Waals surface area contributed by atoms with Gasteiger partial charge in [0.05, 0.1) is 10.2 Å². The topological polar surface area (TPSA) is 69.9 Å². The molecule has 0 aliphatic carbocycles. The molecule has 132 valence electrons. The van der Waals surface area contributed by atoms with Gasteiger partial charge in [-0.05, 0) is 19.1 Å². The van der Waals surface area contributed by atoms with Crippen molar-refractivity contribution < 1.29 is 19.1 Å². The Morgan fingerprint density at radius 3 is 2.31 bits per heavy atom. The average molecular weight is 368 g/mol. The Labute approximate surface area is 153 Å². The van der Waals surface area contributed by atoms with Crippen molar-refractivity contribution in [3.63, 3.8) is 0 Å². The number of nitrogens with zero attached hydrogens (tertiary/aromatic N) is 2. The first-order valence-corrected chi connectivity index (χ1v) is 8.94. The van der Waals surface area contributed by atoms with Gasteiger partial charge in [-0.3, -0.25) is 9.59 Å². The van der Waals surface area contributed by atoms with Gasteiger partial charge < -0.3 is 14.0 Å². The summed E-state index contributed by atoms with van der Waals surface area (Å²) in [6, 6.07) is 10.3. The lowest BCUT2D eigenvalue weighted by Gasteiger charge is -2.18. The van der Waals surface area contributed by atoms with Crippen molar-refractivity contribution in [3.8, 4) is 11.5 Å². The van der Waals surface area contributed by atoms with Gasteiger partial charge in [0.1, 0.15) is 13.2 Å². The first-order chi connectivity index (χ1) is 12.5. The molecule has 1 aromatic heterocycles. The van der Waals surface area contributed by atoms with Crippen LogP contribution in [0.5, 0.6) is 11.5 Å². The van der Waals surface area contributed by atoms with Crippen molar-refractivity contribution >= 4 is 33.2 Å². The third-order valence-electron chi connectivity index (χ3n) is 4.21. The van der Waals surface area contributed by atoms with E-state index in [-0.39, 0.29) is 11.7 Å². The number of thiazole rings is 1. The molecule has 1 aliphatic heterocycles. The van der Waals surface area contributed by atoms with Crippen molar-refractivity contribution in [2.45, 2.75) is 6.92 Å². The van der Waals surface area contributed by atoms with Gasteiger partial charge in [-0.15, -0.1) is 0 Å². The second-order valence-electron chi connectivity index (χ2n) is 5.96. The molecule has 0 radical (unpaired) electrons. The maximum Gasteiger partial charge on any atom is 0.279 e. The number of carbonyl (C=O) groups is 2. The smallest absolute Gasteiger partial charge is 0.279 e. The molecule has 0 unspecified atom stereocenters. The highest BCUT2D eigenvalue weighted by molar-refractivity contribution is 7.16. The van der Waals surface area contributed by atoms with Crippen molar-refractivity contribution in [3.05, 3.63) is 52.3 Å². The van der Waals surface area contributed by atoms with Crippen LogP contribution < -0.4 is 14.3 Å². The summed E-state index contributed by atoms with van der Waals surface area (Å²) < 4.78 is 14.1. The molecular formula is C19H16N2O4S. The van der Waals surface area contributed by atoms with Gasteiger partial charge in [0.15, 0.2) is 22.1 Å². The first kappa shape index (κ1) is 16.5. The van der Waals surface area contributed by atoms with E-state index < -0.39 is 0 Å². The highest BCUT2D eigenvalue weighted by Crippen LogP contribution is 2.35. The Hall–Kier alpha value is -2.93. The number of hydrogen-bond acceptors (Lipinski definition) is 5. The van der Waals surface area contributed by atoms with Crippen LogP contribution >= 0.6 is 11.3 Å². The zero-order valence-electron chi connectivity index (χ0n) is 14.3. The molecule has 1 aliphatic rings. The molecule has 1 amide bonds. The van der Waals surface area contributed by atoms with Gasteiger partial charge >= 0.3 is 0 Å². The number of benzene rings is 2. The van der Waals surface area contributed by atoms with Crippen LogP contribution in [-0.4, -0.2) is 29.5 Å². The van der Waals surface area contributed by atoms with Crippen LogP contribution in [0.4, 0.5) is 0 Å². The van der Waals surface area contributed by atoms with Crippen LogP contribution in [-0.2, 0) is 7.05 Å². The molecule has 6 nitrogen and oxygen atoms in total. The third-order valence-corrected chi connectivity index (χ3v) is 5.30. The summed E-state index contributed by atoms with van der Waals surface area (Å²) in [5, 5.41) is 0. The van der Waals surface area contributed by atoms with E-state index >= 15 is 0 Å². The first-order valence-electron chi connectivity index (χ1n) is 8.12. The fraction of sp³-hybridized carbons (Fsp3) is 0.211. The molecule has 0 atom stereocenters.